The zero-order valence-corrected chi connectivity index (χ0v) is 8.67. The first-order chi connectivity index (χ1) is 7.50. The van der Waals surface area contributed by atoms with Crippen LogP contribution in [0.15, 0.2) is 12.1 Å². The fourth-order valence-electron chi connectivity index (χ4n) is 0.903. The molecule has 1 rings (SSSR count). The third kappa shape index (κ3) is 3.19. The van der Waals surface area contributed by atoms with Gasteiger partial charge in [-0.2, -0.15) is 0 Å². The molecule has 0 fully saturated rings. The molecule has 0 saturated heterocycles. The van der Waals surface area contributed by atoms with E-state index < -0.39 is 17.8 Å². The first-order valence-corrected chi connectivity index (χ1v) is 4.61. The van der Waals surface area contributed by atoms with Crippen molar-refractivity contribution in [3.8, 4) is 0 Å². The highest BCUT2D eigenvalue weighted by Crippen LogP contribution is 2.03. The molecular weight excluding hydrogens is 212 g/mol. The lowest BCUT2D eigenvalue weighted by atomic mass is 10.2. The molecule has 1 amide bonds. The maximum absolute atomic E-state index is 10.7. The van der Waals surface area contributed by atoms with E-state index in [0.29, 0.717) is 5.82 Å². The molecule has 7 heteroatoms. The summed E-state index contributed by atoms with van der Waals surface area (Å²) in [5.74, 6) is -1.68. The molecule has 1 aromatic heterocycles. The number of amides is 1. The van der Waals surface area contributed by atoms with Crippen LogP contribution in [0, 0.1) is 5.92 Å². The highest BCUT2D eigenvalue weighted by Gasteiger charge is 2.10. The van der Waals surface area contributed by atoms with Crippen molar-refractivity contribution in [2.45, 2.75) is 6.92 Å². The molecule has 16 heavy (non-hydrogen) atoms. The fourth-order valence-corrected chi connectivity index (χ4v) is 0.903. The summed E-state index contributed by atoms with van der Waals surface area (Å²) in [6.45, 7) is 1.81. The normalized spacial score (nSPS) is 11.8. The smallest absolute Gasteiger partial charge is 0.308 e. The molecule has 0 aliphatic heterocycles. The van der Waals surface area contributed by atoms with Gasteiger partial charge in [-0.15, -0.1) is 10.2 Å². The molecule has 0 radical (unpaired) electrons. The van der Waals surface area contributed by atoms with Crippen molar-refractivity contribution in [3.05, 3.63) is 17.8 Å². The van der Waals surface area contributed by atoms with Gasteiger partial charge in [0.1, 0.15) is 5.82 Å². The topological polar surface area (TPSA) is 118 Å². The number of carboxylic acids is 1. The molecule has 1 aromatic rings. The summed E-state index contributed by atoms with van der Waals surface area (Å²) >= 11 is 0. The Balaban J connectivity index is 2.56. The average Bonchev–Trinajstić information content (AvgIpc) is 2.26. The molecule has 0 aromatic carbocycles. The van der Waals surface area contributed by atoms with Crippen LogP contribution in [0.25, 0.3) is 0 Å². The number of aromatic nitrogens is 2. The minimum Gasteiger partial charge on any atom is -0.481 e. The van der Waals surface area contributed by atoms with E-state index in [2.05, 4.69) is 15.5 Å². The van der Waals surface area contributed by atoms with Crippen molar-refractivity contribution in [2.75, 3.05) is 11.9 Å². The highest BCUT2D eigenvalue weighted by atomic mass is 16.4. The van der Waals surface area contributed by atoms with E-state index in [1.54, 1.807) is 6.92 Å². The van der Waals surface area contributed by atoms with Crippen molar-refractivity contribution in [3.63, 3.8) is 0 Å². The van der Waals surface area contributed by atoms with E-state index in [9.17, 15) is 9.59 Å². The zero-order chi connectivity index (χ0) is 12.1. The second kappa shape index (κ2) is 5.06. The number of rotatable bonds is 5. The Kier molecular flexibility index (Phi) is 3.76. The van der Waals surface area contributed by atoms with Gasteiger partial charge in [-0.05, 0) is 12.1 Å². The largest absolute Gasteiger partial charge is 0.481 e. The lowest BCUT2D eigenvalue weighted by molar-refractivity contribution is -0.140. The number of carbonyl (C=O) groups excluding carboxylic acids is 1. The highest BCUT2D eigenvalue weighted by molar-refractivity contribution is 5.90. The van der Waals surface area contributed by atoms with Crippen molar-refractivity contribution < 1.29 is 14.7 Å². The standard InChI is InChI=1S/C9H12N4O3/c1-5(9(15)16)4-11-7-3-2-6(8(10)14)12-13-7/h2-3,5H,4H2,1H3,(H2,10,14)(H,11,13)(H,15,16). The molecule has 4 N–H and O–H groups in total. The Labute approximate surface area is 91.7 Å². The number of nitrogens with one attached hydrogen (secondary N) is 1. The van der Waals surface area contributed by atoms with Crippen LogP contribution in [0.3, 0.4) is 0 Å². The van der Waals surface area contributed by atoms with E-state index in [1.165, 1.54) is 12.1 Å². The summed E-state index contributed by atoms with van der Waals surface area (Å²) in [7, 11) is 0. The van der Waals surface area contributed by atoms with Gasteiger partial charge < -0.3 is 16.2 Å². The molecule has 1 unspecified atom stereocenters. The first kappa shape index (κ1) is 11.9. The molecule has 86 valence electrons. The third-order valence-corrected chi connectivity index (χ3v) is 1.93. The molecular formula is C9H12N4O3. The summed E-state index contributed by atoms with van der Waals surface area (Å²) in [6, 6.07) is 2.94. The van der Waals surface area contributed by atoms with Gasteiger partial charge in [-0.25, -0.2) is 0 Å². The number of primary amides is 1. The lowest BCUT2D eigenvalue weighted by Gasteiger charge is -2.07. The number of aliphatic carboxylic acids is 1. The van der Waals surface area contributed by atoms with Gasteiger partial charge in [0.25, 0.3) is 5.91 Å². The molecule has 0 aliphatic carbocycles. The van der Waals surface area contributed by atoms with Crippen LogP contribution in [0.2, 0.25) is 0 Å². The Morgan fingerprint density at radius 1 is 1.50 bits per heavy atom. The van der Waals surface area contributed by atoms with E-state index in [1.807, 2.05) is 0 Å². The number of nitrogens with two attached hydrogens (primary N) is 1. The second-order valence-electron chi connectivity index (χ2n) is 3.29. The van der Waals surface area contributed by atoms with Crippen LogP contribution in [-0.4, -0.2) is 33.7 Å². The quantitative estimate of drug-likeness (QED) is 0.632. The van der Waals surface area contributed by atoms with Gasteiger partial charge in [0.15, 0.2) is 5.69 Å². The minimum atomic E-state index is -0.894. The Morgan fingerprint density at radius 2 is 2.19 bits per heavy atom. The molecule has 0 aliphatic rings. The first-order valence-electron chi connectivity index (χ1n) is 4.61. The summed E-state index contributed by atoms with van der Waals surface area (Å²) < 4.78 is 0. The van der Waals surface area contributed by atoms with Crippen LogP contribution >= 0.6 is 0 Å². The minimum absolute atomic E-state index is 0.0665. The van der Waals surface area contributed by atoms with E-state index in [-0.39, 0.29) is 12.2 Å². The van der Waals surface area contributed by atoms with Gasteiger partial charge in [0.2, 0.25) is 0 Å². The van der Waals surface area contributed by atoms with E-state index >= 15 is 0 Å². The van der Waals surface area contributed by atoms with Crippen molar-refractivity contribution >= 4 is 17.7 Å². The summed E-state index contributed by atoms with van der Waals surface area (Å²) in [4.78, 5) is 21.2. The van der Waals surface area contributed by atoms with Crippen LogP contribution in [0.1, 0.15) is 17.4 Å². The van der Waals surface area contributed by atoms with E-state index in [4.69, 9.17) is 10.8 Å². The summed E-state index contributed by atoms with van der Waals surface area (Å²) in [5.41, 5.74) is 5.05. The predicted octanol–water partition coefficient (Wildman–Crippen LogP) is -0.292. The number of carboxylic acid groups (broad SMARTS) is 1. The number of hydrogen-bond donors (Lipinski definition) is 3. The lowest BCUT2D eigenvalue weighted by Crippen LogP contribution is -2.20. The molecule has 1 heterocycles. The van der Waals surface area contributed by atoms with Crippen LogP contribution in [0.4, 0.5) is 5.82 Å². The zero-order valence-electron chi connectivity index (χ0n) is 8.67. The van der Waals surface area contributed by atoms with Gasteiger partial charge in [-0.1, -0.05) is 6.92 Å². The van der Waals surface area contributed by atoms with Crippen molar-refractivity contribution in [2.24, 2.45) is 11.7 Å². The molecule has 0 saturated carbocycles. The summed E-state index contributed by atoms with van der Waals surface area (Å²) in [5, 5.41) is 18.7. The molecule has 1 atom stereocenters. The number of hydrogen-bond acceptors (Lipinski definition) is 5. The monoisotopic (exact) mass is 224 g/mol. The maximum Gasteiger partial charge on any atom is 0.308 e. The number of anilines is 1. The van der Waals surface area contributed by atoms with Gasteiger partial charge in [-0.3, -0.25) is 9.59 Å². The van der Waals surface area contributed by atoms with Gasteiger partial charge >= 0.3 is 5.97 Å². The van der Waals surface area contributed by atoms with Gasteiger partial charge in [0, 0.05) is 6.54 Å². The van der Waals surface area contributed by atoms with Crippen LogP contribution < -0.4 is 11.1 Å². The second-order valence-corrected chi connectivity index (χ2v) is 3.29. The molecule has 0 spiro atoms. The molecule has 0 bridgehead atoms. The van der Waals surface area contributed by atoms with Crippen molar-refractivity contribution in [1.82, 2.24) is 10.2 Å². The molecule has 7 nitrogen and oxygen atoms in total. The maximum atomic E-state index is 10.7. The predicted molar refractivity (Wildman–Crippen MR) is 55.8 cm³/mol. The van der Waals surface area contributed by atoms with Crippen LogP contribution in [0.5, 0.6) is 0 Å². The number of carbonyl (C=O) groups is 2. The SMILES string of the molecule is CC(CNc1ccc(C(N)=O)nn1)C(=O)O. The fraction of sp³-hybridized carbons (Fsp3) is 0.333. The van der Waals surface area contributed by atoms with Gasteiger partial charge in [0.05, 0.1) is 5.92 Å². The summed E-state index contributed by atoms with van der Waals surface area (Å²) in [6.07, 6.45) is 0. The Hall–Kier alpha value is -2.18. The van der Waals surface area contributed by atoms with Crippen molar-refractivity contribution in [1.29, 1.82) is 0 Å². The number of nitrogens with zero attached hydrogens (tertiary/aromatic N) is 2. The Bertz CT molecular complexity index is 390. The Morgan fingerprint density at radius 3 is 2.62 bits per heavy atom. The van der Waals surface area contributed by atoms with E-state index in [0.717, 1.165) is 0 Å². The van der Waals surface area contributed by atoms with Crippen LogP contribution in [-0.2, 0) is 4.79 Å². The third-order valence-electron chi connectivity index (χ3n) is 1.93. The average molecular weight is 224 g/mol.